The first-order chi connectivity index (χ1) is 12.7. The Labute approximate surface area is 152 Å². The van der Waals surface area contributed by atoms with Crippen molar-refractivity contribution in [1.29, 1.82) is 0 Å². The molecule has 1 aromatic carbocycles. The topological polar surface area (TPSA) is 76.8 Å². The maximum Gasteiger partial charge on any atom is 0.231 e. The molecule has 0 spiro atoms. The van der Waals surface area contributed by atoms with Crippen molar-refractivity contribution in [3.8, 4) is 0 Å². The second-order valence-electron chi connectivity index (χ2n) is 6.67. The van der Waals surface area contributed by atoms with Crippen LogP contribution in [0.5, 0.6) is 0 Å². The lowest BCUT2D eigenvalue weighted by molar-refractivity contribution is -0.119. The highest BCUT2D eigenvalue weighted by Crippen LogP contribution is 2.28. The van der Waals surface area contributed by atoms with Crippen LogP contribution in [0.15, 0.2) is 55.1 Å². The van der Waals surface area contributed by atoms with E-state index >= 15 is 0 Å². The van der Waals surface area contributed by atoms with E-state index in [1.807, 2.05) is 48.4 Å². The van der Waals surface area contributed by atoms with Crippen LogP contribution in [0.1, 0.15) is 17.0 Å². The molecule has 0 bridgehead atoms. The van der Waals surface area contributed by atoms with Crippen LogP contribution in [0, 0.1) is 5.92 Å². The van der Waals surface area contributed by atoms with E-state index in [0.717, 1.165) is 17.7 Å². The van der Waals surface area contributed by atoms with Crippen LogP contribution in [0.3, 0.4) is 0 Å². The van der Waals surface area contributed by atoms with Gasteiger partial charge in [0.15, 0.2) is 0 Å². The molecule has 0 radical (unpaired) electrons. The van der Waals surface area contributed by atoms with E-state index in [9.17, 15) is 4.79 Å². The van der Waals surface area contributed by atoms with Gasteiger partial charge in [0.25, 0.3) is 0 Å². The van der Waals surface area contributed by atoms with Gasteiger partial charge < -0.3 is 9.88 Å². The summed E-state index contributed by atoms with van der Waals surface area (Å²) in [5, 5.41) is 10.6. The second kappa shape index (κ2) is 7.13. The normalized spacial score (nSPS) is 19.6. The quantitative estimate of drug-likeness (QED) is 0.733. The minimum Gasteiger partial charge on any atom is -0.315 e. The van der Waals surface area contributed by atoms with Crippen molar-refractivity contribution in [3.05, 3.63) is 66.2 Å². The molecule has 3 heterocycles. The van der Waals surface area contributed by atoms with Crippen molar-refractivity contribution in [3.63, 3.8) is 0 Å². The molecule has 134 valence electrons. The van der Waals surface area contributed by atoms with Crippen molar-refractivity contribution >= 4 is 11.9 Å². The number of imidazole rings is 1. The summed E-state index contributed by atoms with van der Waals surface area (Å²) in [5.41, 5.74) is 2.25. The third-order valence-corrected chi connectivity index (χ3v) is 4.85. The molecule has 0 unspecified atom stereocenters. The molecule has 26 heavy (non-hydrogen) atoms. The maximum absolute atomic E-state index is 12.9. The zero-order valence-corrected chi connectivity index (χ0v) is 14.7. The summed E-state index contributed by atoms with van der Waals surface area (Å²) in [6, 6.07) is 10.1. The SMILES string of the molecule is Cn1cc([C@H]2CNC[C@@H]2C(=O)Nc2nccn2Cc2ccccc2)cn1. The Morgan fingerprint density at radius 3 is 2.92 bits per heavy atom. The number of nitrogens with zero attached hydrogens (tertiary/aromatic N) is 4. The summed E-state index contributed by atoms with van der Waals surface area (Å²) in [4.78, 5) is 17.2. The third-order valence-electron chi connectivity index (χ3n) is 4.85. The van der Waals surface area contributed by atoms with E-state index in [1.54, 1.807) is 10.9 Å². The van der Waals surface area contributed by atoms with Gasteiger partial charge in [0, 0.05) is 44.6 Å². The fourth-order valence-electron chi connectivity index (χ4n) is 3.48. The molecule has 1 aliphatic rings. The number of hydrogen-bond acceptors (Lipinski definition) is 4. The van der Waals surface area contributed by atoms with Gasteiger partial charge in [-0.15, -0.1) is 0 Å². The summed E-state index contributed by atoms with van der Waals surface area (Å²) in [6.45, 7) is 2.11. The van der Waals surface area contributed by atoms with Crippen LogP contribution in [0.25, 0.3) is 0 Å². The van der Waals surface area contributed by atoms with E-state index in [4.69, 9.17) is 0 Å². The minimum absolute atomic E-state index is 0.00985. The van der Waals surface area contributed by atoms with Crippen molar-refractivity contribution < 1.29 is 4.79 Å². The fourth-order valence-corrected chi connectivity index (χ4v) is 3.48. The highest BCUT2D eigenvalue weighted by atomic mass is 16.2. The lowest BCUT2D eigenvalue weighted by atomic mass is 9.90. The predicted octanol–water partition coefficient (Wildman–Crippen LogP) is 1.61. The van der Waals surface area contributed by atoms with E-state index in [-0.39, 0.29) is 17.7 Å². The molecule has 1 aliphatic heterocycles. The highest BCUT2D eigenvalue weighted by Gasteiger charge is 2.35. The van der Waals surface area contributed by atoms with E-state index < -0.39 is 0 Å². The maximum atomic E-state index is 12.9. The van der Waals surface area contributed by atoms with Crippen molar-refractivity contribution in [2.75, 3.05) is 18.4 Å². The molecule has 1 fully saturated rings. The Hall–Kier alpha value is -2.93. The molecule has 2 atom stereocenters. The van der Waals surface area contributed by atoms with Gasteiger partial charge in [-0.2, -0.15) is 5.10 Å². The number of aromatic nitrogens is 4. The first-order valence-corrected chi connectivity index (χ1v) is 8.76. The van der Waals surface area contributed by atoms with Crippen LogP contribution in [-0.2, 0) is 18.4 Å². The Kier molecular flexibility index (Phi) is 4.53. The molecular formula is C19H22N6O. The van der Waals surface area contributed by atoms with Gasteiger partial charge in [-0.1, -0.05) is 30.3 Å². The molecule has 7 heteroatoms. The van der Waals surface area contributed by atoms with Crippen LogP contribution in [0.4, 0.5) is 5.95 Å². The largest absolute Gasteiger partial charge is 0.315 e. The molecule has 3 aromatic rings. The number of amides is 1. The van der Waals surface area contributed by atoms with Gasteiger partial charge in [-0.3, -0.25) is 14.8 Å². The number of carbonyl (C=O) groups is 1. The molecule has 7 nitrogen and oxygen atoms in total. The monoisotopic (exact) mass is 350 g/mol. The van der Waals surface area contributed by atoms with Gasteiger partial charge in [0.05, 0.1) is 18.7 Å². The number of carbonyl (C=O) groups excluding carboxylic acids is 1. The average Bonchev–Trinajstić information content (AvgIpc) is 3.37. The Balaban J connectivity index is 1.47. The molecule has 4 rings (SSSR count). The molecule has 0 aliphatic carbocycles. The van der Waals surface area contributed by atoms with Crippen molar-refractivity contribution in [2.24, 2.45) is 13.0 Å². The Morgan fingerprint density at radius 1 is 1.31 bits per heavy atom. The third kappa shape index (κ3) is 3.39. The van der Waals surface area contributed by atoms with Crippen LogP contribution in [-0.4, -0.2) is 38.3 Å². The smallest absolute Gasteiger partial charge is 0.231 e. The standard InChI is InChI=1S/C19H22N6O/c1-24-13-15(9-22-24)16-10-20-11-17(16)18(26)23-19-21-7-8-25(19)12-14-5-3-2-4-6-14/h2-9,13,16-17,20H,10-12H2,1H3,(H,21,23,26)/t16-,17+/m1/s1. The van der Waals surface area contributed by atoms with E-state index in [1.165, 1.54) is 0 Å². The Morgan fingerprint density at radius 2 is 2.15 bits per heavy atom. The number of benzene rings is 1. The lowest BCUT2D eigenvalue weighted by Gasteiger charge is -2.17. The number of rotatable bonds is 5. The van der Waals surface area contributed by atoms with E-state index in [0.29, 0.717) is 19.0 Å². The van der Waals surface area contributed by atoms with Crippen molar-refractivity contribution in [2.45, 2.75) is 12.5 Å². The lowest BCUT2D eigenvalue weighted by Crippen LogP contribution is -2.29. The Bertz CT molecular complexity index is 884. The molecule has 1 amide bonds. The van der Waals surface area contributed by atoms with Gasteiger partial charge in [0.1, 0.15) is 0 Å². The summed E-state index contributed by atoms with van der Waals surface area (Å²) < 4.78 is 3.73. The molecule has 2 aromatic heterocycles. The summed E-state index contributed by atoms with van der Waals surface area (Å²) in [6.07, 6.45) is 7.42. The van der Waals surface area contributed by atoms with Gasteiger partial charge >= 0.3 is 0 Å². The van der Waals surface area contributed by atoms with Crippen LogP contribution < -0.4 is 10.6 Å². The average molecular weight is 350 g/mol. The first kappa shape index (κ1) is 16.5. The van der Waals surface area contributed by atoms with Crippen LogP contribution in [0.2, 0.25) is 0 Å². The van der Waals surface area contributed by atoms with Gasteiger partial charge in [0.2, 0.25) is 11.9 Å². The predicted molar refractivity (Wildman–Crippen MR) is 98.7 cm³/mol. The molecule has 1 saturated heterocycles. The summed E-state index contributed by atoms with van der Waals surface area (Å²) >= 11 is 0. The number of hydrogen-bond donors (Lipinski definition) is 2. The van der Waals surface area contributed by atoms with Crippen LogP contribution >= 0.6 is 0 Å². The van der Waals surface area contributed by atoms with Gasteiger partial charge in [-0.25, -0.2) is 4.98 Å². The summed E-state index contributed by atoms with van der Waals surface area (Å²) in [7, 11) is 1.89. The first-order valence-electron chi connectivity index (χ1n) is 8.76. The molecule has 0 saturated carbocycles. The fraction of sp³-hybridized carbons (Fsp3) is 0.316. The number of anilines is 1. The molecular weight excluding hydrogens is 328 g/mol. The zero-order chi connectivity index (χ0) is 17.9. The highest BCUT2D eigenvalue weighted by molar-refractivity contribution is 5.92. The van der Waals surface area contributed by atoms with E-state index in [2.05, 4.69) is 32.8 Å². The number of nitrogens with one attached hydrogen (secondary N) is 2. The zero-order valence-electron chi connectivity index (χ0n) is 14.7. The minimum atomic E-state index is -0.138. The van der Waals surface area contributed by atoms with Gasteiger partial charge in [-0.05, 0) is 11.1 Å². The molecule has 2 N–H and O–H groups in total. The summed E-state index contributed by atoms with van der Waals surface area (Å²) in [5.74, 6) is 0.558. The van der Waals surface area contributed by atoms with Crippen molar-refractivity contribution in [1.82, 2.24) is 24.6 Å². The second-order valence-corrected chi connectivity index (χ2v) is 6.67. The number of aryl methyl sites for hydroxylation is 1.